The molecule has 0 spiro atoms. The van der Waals surface area contributed by atoms with E-state index in [0.717, 1.165) is 21.3 Å². The van der Waals surface area contributed by atoms with Crippen molar-refractivity contribution in [1.29, 1.82) is 0 Å². The minimum absolute atomic E-state index is 0.0450. The molecule has 1 aromatic rings. The average molecular weight is 241 g/mol. The molecule has 2 rings (SSSR count). The van der Waals surface area contributed by atoms with Crippen molar-refractivity contribution in [2.75, 3.05) is 6.61 Å². The van der Waals surface area contributed by atoms with Gasteiger partial charge in [0.1, 0.15) is 12.4 Å². The number of hydrogen-bond donors (Lipinski definition) is 1. The summed E-state index contributed by atoms with van der Waals surface area (Å²) in [7, 11) is 0. The van der Waals surface area contributed by atoms with Crippen molar-refractivity contribution in [3.05, 3.63) is 33.8 Å². The molecule has 0 amide bonds. The zero-order valence-corrected chi connectivity index (χ0v) is 8.54. The van der Waals surface area contributed by atoms with Gasteiger partial charge in [0, 0.05) is 5.56 Å². The normalized spacial score (nSPS) is 13.7. The monoisotopic (exact) mass is 240 g/mol. The molecule has 68 valence electrons. The van der Waals surface area contributed by atoms with Crippen molar-refractivity contribution in [2.45, 2.75) is 6.61 Å². The maximum atomic E-state index is 9.08. The lowest BCUT2D eigenvalue weighted by Crippen LogP contribution is -2.03. The summed E-state index contributed by atoms with van der Waals surface area (Å²) >= 11 is 3.40. The molecule has 1 aliphatic rings. The van der Waals surface area contributed by atoms with Gasteiger partial charge in [-0.2, -0.15) is 0 Å². The van der Waals surface area contributed by atoms with Gasteiger partial charge >= 0.3 is 0 Å². The Labute approximate surface area is 85.0 Å². The minimum atomic E-state index is 0.0450. The molecule has 0 radical (unpaired) electrons. The summed E-state index contributed by atoms with van der Waals surface area (Å²) in [6.45, 7) is 0.643. The number of hydrogen-bond acceptors (Lipinski definition) is 2. The summed E-state index contributed by atoms with van der Waals surface area (Å²) in [6, 6.07) is 3.78. The SMILES string of the molecule is OCc1ccc(Br)c2c1C=CCO2. The van der Waals surface area contributed by atoms with Gasteiger partial charge in [-0.15, -0.1) is 0 Å². The van der Waals surface area contributed by atoms with E-state index in [0.29, 0.717) is 6.61 Å². The maximum absolute atomic E-state index is 9.08. The number of aliphatic hydroxyl groups is 1. The Morgan fingerprint density at radius 3 is 3.08 bits per heavy atom. The van der Waals surface area contributed by atoms with Crippen molar-refractivity contribution in [3.8, 4) is 5.75 Å². The first-order valence-corrected chi connectivity index (χ1v) is 4.84. The van der Waals surface area contributed by atoms with Crippen LogP contribution < -0.4 is 4.74 Å². The van der Waals surface area contributed by atoms with E-state index in [1.165, 1.54) is 0 Å². The maximum Gasteiger partial charge on any atom is 0.141 e. The summed E-state index contributed by atoms with van der Waals surface area (Å²) in [4.78, 5) is 0. The predicted octanol–water partition coefficient (Wildman–Crippen LogP) is 2.35. The van der Waals surface area contributed by atoms with Crippen LogP contribution in [0.2, 0.25) is 0 Å². The molecular weight excluding hydrogens is 232 g/mol. The van der Waals surface area contributed by atoms with E-state index in [9.17, 15) is 0 Å². The highest BCUT2D eigenvalue weighted by Crippen LogP contribution is 2.34. The summed E-state index contributed by atoms with van der Waals surface area (Å²) < 4.78 is 6.39. The summed E-state index contributed by atoms with van der Waals surface area (Å²) in [5.74, 6) is 0.828. The van der Waals surface area contributed by atoms with Gasteiger partial charge in [0.25, 0.3) is 0 Å². The fourth-order valence-corrected chi connectivity index (χ4v) is 1.84. The van der Waals surface area contributed by atoms with Gasteiger partial charge in [-0.05, 0) is 33.6 Å². The number of halogens is 1. The molecule has 13 heavy (non-hydrogen) atoms. The lowest BCUT2D eigenvalue weighted by Gasteiger charge is -2.16. The molecule has 1 heterocycles. The smallest absolute Gasteiger partial charge is 0.141 e. The fourth-order valence-electron chi connectivity index (χ4n) is 1.38. The molecule has 0 bridgehead atoms. The highest BCUT2D eigenvalue weighted by Gasteiger charge is 2.12. The first kappa shape index (κ1) is 8.78. The summed E-state index contributed by atoms with van der Waals surface area (Å²) in [5.41, 5.74) is 1.87. The summed E-state index contributed by atoms with van der Waals surface area (Å²) in [6.07, 6.45) is 3.92. The average Bonchev–Trinajstić information content (AvgIpc) is 2.19. The molecular formula is C10H9BrO2. The van der Waals surface area contributed by atoms with Gasteiger partial charge in [-0.3, -0.25) is 0 Å². The lowest BCUT2D eigenvalue weighted by molar-refractivity contribution is 0.279. The van der Waals surface area contributed by atoms with E-state index in [2.05, 4.69) is 15.9 Å². The molecule has 0 saturated carbocycles. The van der Waals surface area contributed by atoms with E-state index in [1.54, 1.807) is 0 Å². The molecule has 0 saturated heterocycles. The van der Waals surface area contributed by atoms with Crippen LogP contribution in [-0.2, 0) is 6.61 Å². The Morgan fingerprint density at radius 1 is 1.46 bits per heavy atom. The third-order valence-electron chi connectivity index (χ3n) is 2.02. The molecule has 0 fully saturated rings. The van der Waals surface area contributed by atoms with Crippen molar-refractivity contribution in [2.24, 2.45) is 0 Å². The zero-order valence-electron chi connectivity index (χ0n) is 6.96. The van der Waals surface area contributed by atoms with Crippen molar-refractivity contribution in [3.63, 3.8) is 0 Å². The van der Waals surface area contributed by atoms with Gasteiger partial charge in [0.05, 0.1) is 11.1 Å². The largest absolute Gasteiger partial charge is 0.488 e. The van der Waals surface area contributed by atoms with Crippen molar-refractivity contribution < 1.29 is 9.84 Å². The number of fused-ring (bicyclic) bond motifs is 1. The Kier molecular flexibility index (Phi) is 2.38. The fraction of sp³-hybridized carbons (Fsp3) is 0.200. The third kappa shape index (κ3) is 1.49. The van der Waals surface area contributed by atoms with Crippen LogP contribution in [0.15, 0.2) is 22.7 Å². The predicted molar refractivity (Wildman–Crippen MR) is 54.6 cm³/mol. The molecule has 1 N–H and O–H groups in total. The minimum Gasteiger partial charge on any atom is -0.488 e. The van der Waals surface area contributed by atoms with Gasteiger partial charge < -0.3 is 9.84 Å². The second-order valence-corrected chi connectivity index (χ2v) is 3.68. The molecule has 0 atom stereocenters. The van der Waals surface area contributed by atoms with Crippen LogP contribution in [0.3, 0.4) is 0 Å². The van der Waals surface area contributed by atoms with Crippen LogP contribution >= 0.6 is 15.9 Å². The highest BCUT2D eigenvalue weighted by atomic mass is 79.9. The van der Waals surface area contributed by atoms with Crippen LogP contribution in [-0.4, -0.2) is 11.7 Å². The van der Waals surface area contributed by atoms with Crippen LogP contribution in [0.4, 0.5) is 0 Å². The van der Waals surface area contributed by atoms with E-state index in [1.807, 2.05) is 24.3 Å². The Bertz CT molecular complexity index is 358. The van der Waals surface area contributed by atoms with E-state index >= 15 is 0 Å². The Balaban J connectivity index is 2.61. The standard InChI is InChI=1S/C10H9BrO2/c11-9-4-3-7(6-12)8-2-1-5-13-10(8)9/h1-4,12H,5-6H2. The molecule has 0 aromatic heterocycles. The second kappa shape index (κ2) is 3.52. The highest BCUT2D eigenvalue weighted by molar-refractivity contribution is 9.10. The van der Waals surface area contributed by atoms with Crippen LogP contribution in [0.5, 0.6) is 5.75 Å². The Hall–Kier alpha value is -0.800. The van der Waals surface area contributed by atoms with Gasteiger partial charge in [-0.25, -0.2) is 0 Å². The molecule has 1 aliphatic heterocycles. The first-order chi connectivity index (χ1) is 6.33. The van der Waals surface area contributed by atoms with E-state index < -0.39 is 0 Å². The number of benzene rings is 1. The number of ether oxygens (including phenoxy) is 1. The van der Waals surface area contributed by atoms with Gasteiger partial charge in [0.15, 0.2) is 0 Å². The zero-order chi connectivity index (χ0) is 9.26. The van der Waals surface area contributed by atoms with Gasteiger partial charge in [0.2, 0.25) is 0 Å². The topological polar surface area (TPSA) is 29.5 Å². The molecule has 0 unspecified atom stereocenters. The lowest BCUT2D eigenvalue weighted by atomic mass is 10.1. The van der Waals surface area contributed by atoms with Crippen molar-refractivity contribution >= 4 is 22.0 Å². The Morgan fingerprint density at radius 2 is 2.31 bits per heavy atom. The second-order valence-electron chi connectivity index (χ2n) is 2.82. The van der Waals surface area contributed by atoms with Crippen LogP contribution in [0, 0.1) is 0 Å². The molecule has 0 aliphatic carbocycles. The van der Waals surface area contributed by atoms with Gasteiger partial charge in [-0.1, -0.05) is 12.1 Å². The summed E-state index contributed by atoms with van der Waals surface area (Å²) in [5, 5.41) is 9.08. The van der Waals surface area contributed by atoms with E-state index in [4.69, 9.17) is 9.84 Å². The first-order valence-electron chi connectivity index (χ1n) is 4.04. The quantitative estimate of drug-likeness (QED) is 0.817. The molecule has 1 aromatic carbocycles. The number of rotatable bonds is 1. The molecule has 3 heteroatoms. The van der Waals surface area contributed by atoms with Crippen molar-refractivity contribution in [1.82, 2.24) is 0 Å². The van der Waals surface area contributed by atoms with E-state index in [-0.39, 0.29) is 6.61 Å². The molecule has 2 nitrogen and oxygen atoms in total. The third-order valence-corrected chi connectivity index (χ3v) is 2.64. The van der Waals surface area contributed by atoms with Crippen LogP contribution in [0.1, 0.15) is 11.1 Å². The van der Waals surface area contributed by atoms with Crippen LogP contribution in [0.25, 0.3) is 6.08 Å². The number of aliphatic hydroxyl groups excluding tert-OH is 1.